The third-order valence-electron chi connectivity index (χ3n) is 1.63. The third kappa shape index (κ3) is 3.68. The van der Waals surface area contributed by atoms with Crippen molar-refractivity contribution in [3.63, 3.8) is 0 Å². The van der Waals surface area contributed by atoms with E-state index < -0.39 is 6.10 Å². The second-order valence-corrected chi connectivity index (χ2v) is 4.29. The summed E-state index contributed by atoms with van der Waals surface area (Å²) >= 11 is 0. The van der Waals surface area contributed by atoms with Gasteiger partial charge >= 0.3 is 0 Å². The highest BCUT2D eigenvalue weighted by Crippen LogP contribution is 2.17. The molecule has 1 N–H and O–H groups in total. The smallest absolute Gasteiger partial charge is 0.133 e. The van der Waals surface area contributed by atoms with E-state index in [1.165, 1.54) is 0 Å². The fourth-order valence-electron chi connectivity index (χ4n) is 0.994. The second-order valence-electron chi connectivity index (χ2n) is 4.29. The first kappa shape index (κ1) is 10.9. The summed E-state index contributed by atoms with van der Waals surface area (Å²) in [5, 5.41) is 9.61. The highest BCUT2D eigenvalue weighted by Gasteiger charge is 2.08. The van der Waals surface area contributed by atoms with Gasteiger partial charge in [0.15, 0.2) is 0 Å². The quantitative estimate of drug-likeness (QED) is 0.731. The van der Waals surface area contributed by atoms with E-state index in [0.717, 1.165) is 0 Å². The van der Waals surface area contributed by atoms with Crippen molar-refractivity contribution in [2.24, 2.45) is 5.41 Å². The number of rotatable bonds is 2. The van der Waals surface area contributed by atoms with Crippen molar-refractivity contribution < 1.29 is 9.52 Å². The molecule has 0 fully saturated rings. The van der Waals surface area contributed by atoms with Gasteiger partial charge in [-0.25, -0.2) is 0 Å². The van der Waals surface area contributed by atoms with Crippen molar-refractivity contribution in [3.05, 3.63) is 24.2 Å². The molecule has 2 nitrogen and oxygen atoms in total. The molecule has 0 aromatic carbocycles. The predicted molar refractivity (Wildman–Crippen MR) is 55.5 cm³/mol. The molecule has 0 aliphatic carbocycles. The van der Waals surface area contributed by atoms with E-state index in [0.29, 0.717) is 12.2 Å². The van der Waals surface area contributed by atoms with E-state index in [1.54, 1.807) is 18.4 Å². The standard InChI is InChI=1S/C12H16O2/c1-12(2,3)8-4-6-10(13)11-7-5-9-14-11/h5,7,9-10,13H,6H2,1-3H3. The number of hydrogen-bond donors (Lipinski definition) is 1. The minimum absolute atomic E-state index is 0.0110. The van der Waals surface area contributed by atoms with Gasteiger partial charge in [0.05, 0.1) is 6.26 Å². The molecule has 0 aliphatic heterocycles. The summed E-state index contributed by atoms with van der Waals surface area (Å²) in [5.41, 5.74) is -0.0110. The summed E-state index contributed by atoms with van der Waals surface area (Å²) in [4.78, 5) is 0. The van der Waals surface area contributed by atoms with Crippen molar-refractivity contribution in [2.75, 3.05) is 0 Å². The normalized spacial score (nSPS) is 13.1. The highest BCUT2D eigenvalue weighted by molar-refractivity contribution is 5.11. The van der Waals surface area contributed by atoms with E-state index in [2.05, 4.69) is 11.8 Å². The molecule has 2 heteroatoms. The lowest BCUT2D eigenvalue weighted by molar-refractivity contribution is 0.155. The van der Waals surface area contributed by atoms with Crippen LogP contribution in [-0.2, 0) is 0 Å². The molecule has 14 heavy (non-hydrogen) atoms. The first-order valence-electron chi connectivity index (χ1n) is 4.70. The van der Waals surface area contributed by atoms with Gasteiger partial charge in [-0.15, -0.1) is 0 Å². The maximum absolute atomic E-state index is 9.61. The van der Waals surface area contributed by atoms with Crippen molar-refractivity contribution in [1.29, 1.82) is 0 Å². The van der Waals surface area contributed by atoms with Crippen LogP contribution >= 0.6 is 0 Å². The number of hydrogen-bond acceptors (Lipinski definition) is 2. The van der Waals surface area contributed by atoms with E-state index in [9.17, 15) is 5.11 Å². The van der Waals surface area contributed by atoms with Gasteiger partial charge in [-0.2, -0.15) is 0 Å². The molecule has 1 unspecified atom stereocenters. The molecule has 0 spiro atoms. The van der Waals surface area contributed by atoms with Crippen LogP contribution < -0.4 is 0 Å². The van der Waals surface area contributed by atoms with Crippen LogP contribution in [0.15, 0.2) is 22.8 Å². The lowest BCUT2D eigenvalue weighted by atomic mass is 9.97. The lowest BCUT2D eigenvalue weighted by Gasteiger charge is -2.07. The topological polar surface area (TPSA) is 33.4 Å². The van der Waals surface area contributed by atoms with E-state index in [-0.39, 0.29) is 5.41 Å². The van der Waals surface area contributed by atoms with Crippen LogP contribution in [0.4, 0.5) is 0 Å². The molecule has 0 saturated heterocycles. The molecular formula is C12H16O2. The summed E-state index contributed by atoms with van der Waals surface area (Å²) in [7, 11) is 0. The molecule has 1 aromatic rings. The van der Waals surface area contributed by atoms with Crippen LogP contribution in [0.3, 0.4) is 0 Å². The van der Waals surface area contributed by atoms with Gasteiger partial charge in [0, 0.05) is 11.8 Å². The van der Waals surface area contributed by atoms with Gasteiger partial charge in [-0.1, -0.05) is 11.8 Å². The Morgan fingerprint density at radius 1 is 1.50 bits per heavy atom. The minimum atomic E-state index is -0.611. The fourth-order valence-corrected chi connectivity index (χ4v) is 0.994. The maximum Gasteiger partial charge on any atom is 0.133 e. The van der Waals surface area contributed by atoms with E-state index in [1.807, 2.05) is 20.8 Å². The monoisotopic (exact) mass is 192 g/mol. The molecule has 1 aromatic heterocycles. The Kier molecular flexibility index (Phi) is 3.38. The molecule has 0 amide bonds. The van der Waals surface area contributed by atoms with Crippen molar-refractivity contribution in [3.8, 4) is 11.8 Å². The summed E-state index contributed by atoms with van der Waals surface area (Å²) in [6.45, 7) is 6.12. The van der Waals surface area contributed by atoms with Crippen LogP contribution in [0.5, 0.6) is 0 Å². The first-order chi connectivity index (χ1) is 6.49. The lowest BCUT2D eigenvalue weighted by Crippen LogP contribution is -2.00. The summed E-state index contributed by atoms with van der Waals surface area (Å²) in [5.74, 6) is 6.59. The Balaban J connectivity index is 2.50. The predicted octanol–water partition coefficient (Wildman–Crippen LogP) is 2.75. The van der Waals surface area contributed by atoms with Crippen LogP contribution in [0, 0.1) is 17.3 Å². The molecule has 0 aliphatic rings. The van der Waals surface area contributed by atoms with Gasteiger partial charge < -0.3 is 9.52 Å². The zero-order valence-electron chi connectivity index (χ0n) is 8.87. The fraction of sp³-hybridized carbons (Fsp3) is 0.500. The number of aliphatic hydroxyl groups is 1. The van der Waals surface area contributed by atoms with E-state index >= 15 is 0 Å². The molecule has 0 radical (unpaired) electrons. The van der Waals surface area contributed by atoms with Crippen LogP contribution in [0.25, 0.3) is 0 Å². The van der Waals surface area contributed by atoms with Gasteiger partial charge in [0.25, 0.3) is 0 Å². The summed E-state index contributed by atoms with van der Waals surface area (Å²) < 4.78 is 5.06. The summed E-state index contributed by atoms with van der Waals surface area (Å²) in [6, 6.07) is 3.51. The van der Waals surface area contributed by atoms with Crippen LogP contribution in [0.2, 0.25) is 0 Å². The number of furan rings is 1. The van der Waals surface area contributed by atoms with Crippen molar-refractivity contribution in [2.45, 2.75) is 33.3 Å². The second kappa shape index (κ2) is 4.34. The van der Waals surface area contributed by atoms with Crippen LogP contribution in [-0.4, -0.2) is 5.11 Å². The minimum Gasteiger partial charge on any atom is -0.467 e. The molecule has 1 atom stereocenters. The highest BCUT2D eigenvalue weighted by atomic mass is 16.4. The molecule has 0 saturated carbocycles. The zero-order chi connectivity index (χ0) is 10.6. The Bertz CT molecular complexity index is 319. The van der Waals surface area contributed by atoms with E-state index in [4.69, 9.17) is 4.42 Å². The summed E-state index contributed by atoms with van der Waals surface area (Å²) in [6.07, 6.45) is 1.36. The largest absolute Gasteiger partial charge is 0.467 e. The van der Waals surface area contributed by atoms with Gasteiger partial charge in [-0.05, 0) is 32.9 Å². The maximum atomic E-state index is 9.61. The van der Waals surface area contributed by atoms with Gasteiger partial charge in [0.2, 0.25) is 0 Å². The van der Waals surface area contributed by atoms with Gasteiger partial charge in [-0.3, -0.25) is 0 Å². The molecular weight excluding hydrogens is 176 g/mol. The average molecular weight is 192 g/mol. The number of aliphatic hydroxyl groups excluding tert-OH is 1. The van der Waals surface area contributed by atoms with Gasteiger partial charge in [0.1, 0.15) is 11.9 Å². The molecule has 1 rings (SSSR count). The van der Waals surface area contributed by atoms with Crippen molar-refractivity contribution >= 4 is 0 Å². The first-order valence-corrected chi connectivity index (χ1v) is 4.70. The molecule has 0 bridgehead atoms. The Labute approximate surface area is 84.9 Å². The SMILES string of the molecule is CC(C)(C)C#CCC(O)c1ccco1. The molecule has 1 heterocycles. The third-order valence-corrected chi connectivity index (χ3v) is 1.63. The Morgan fingerprint density at radius 2 is 2.21 bits per heavy atom. The van der Waals surface area contributed by atoms with Crippen molar-refractivity contribution in [1.82, 2.24) is 0 Å². The Morgan fingerprint density at radius 3 is 2.71 bits per heavy atom. The molecule has 76 valence electrons. The zero-order valence-corrected chi connectivity index (χ0v) is 8.87. The average Bonchev–Trinajstić information content (AvgIpc) is 2.53. The Hall–Kier alpha value is -1.20. The van der Waals surface area contributed by atoms with Crippen LogP contribution in [0.1, 0.15) is 39.1 Å².